The molecular formula is C19H26N3O. The predicted molar refractivity (Wildman–Crippen MR) is 90.1 cm³/mol. The molecule has 1 amide bonds. The van der Waals surface area contributed by atoms with Crippen LogP contribution in [0.4, 0.5) is 0 Å². The third-order valence-corrected chi connectivity index (χ3v) is 5.76. The Balaban J connectivity index is 1.27. The highest BCUT2D eigenvalue weighted by molar-refractivity contribution is 5.78. The maximum atomic E-state index is 12.6. The molecule has 0 N–H and O–H groups in total. The largest absolute Gasteiger partial charge is 0.339 e. The number of benzene rings is 1. The Hall–Kier alpha value is -1.39. The van der Waals surface area contributed by atoms with E-state index in [1.165, 1.54) is 30.4 Å². The molecule has 2 aliphatic heterocycles. The van der Waals surface area contributed by atoms with Crippen molar-refractivity contribution in [3.05, 3.63) is 35.4 Å². The summed E-state index contributed by atoms with van der Waals surface area (Å²) in [7, 11) is 0. The molecule has 0 unspecified atom stereocenters. The number of carbonyl (C=O) groups is 1. The van der Waals surface area contributed by atoms with Gasteiger partial charge in [0.1, 0.15) is 0 Å². The van der Waals surface area contributed by atoms with Gasteiger partial charge in [0.15, 0.2) is 0 Å². The lowest BCUT2D eigenvalue weighted by molar-refractivity contribution is -0.135. The van der Waals surface area contributed by atoms with Crippen LogP contribution in [0.15, 0.2) is 18.2 Å². The smallest absolute Gasteiger partial charge is 0.236 e. The number of carbonyl (C=O) groups excluding carboxylic acids is 1. The topological polar surface area (TPSA) is 26.8 Å². The van der Waals surface area contributed by atoms with E-state index in [9.17, 15) is 4.79 Å². The molecule has 1 saturated carbocycles. The zero-order valence-corrected chi connectivity index (χ0v) is 13.8. The van der Waals surface area contributed by atoms with Crippen LogP contribution in [0.25, 0.3) is 0 Å². The van der Waals surface area contributed by atoms with Gasteiger partial charge >= 0.3 is 0 Å². The maximum absolute atomic E-state index is 12.6. The quantitative estimate of drug-likeness (QED) is 0.847. The van der Waals surface area contributed by atoms with Crippen molar-refractivity contribution < 1.29 is 4.79 Å². The lowest BCUT2D eigenvalue weighted by Crippen LogP contribution is -2.55. The first kappa shape index (κ1) is 15.2. The molecule has 23 heavy (non-hydrogen) atoms. The Labute approximate surface area is 139 Å². The third kappa shape index (κ3) is 3.29. The first-order valence-electron chi connectivity index (χ1n) is 9.01. The lowest BCUT2D eigenvalue weighted by Gasteiger charge is -2.43. The van der Waals surface area contributed by atoms with Gasteiger partial charge < -0.3 is 4.90 Å². The second-order valence-corrected chi connectivity index (χ2v) is 7.16. The van der Waals surface area contributed by atoms with Gasteiger partial charge in [-0.05, 0) is 36.5 Å². The van der Waals surface area contributed by atoms with Gasteiger partial charge in [-0.15, -0.1) is 0 Å². The summed E-state index contributed by atoms with van der Waals surface area (Å²) >= 11 is 0. The Morgan fingerprint density at radius 1 is 1.13 bits per heavy atom. The van der Waals surface area contributed by atoms with Gasteiger partial charge in [-0.2, -0.15) is 0 Å². The van der Waals surface area contributed by atoms with Crippen molar-refractivity contribution in [1.82, 2.24) is 14.7 Å². The van der Waals surface area contributed by atoms with Crippen molar-refractivity contribution in [3.63, 3.8) is 0 Å². The van der Waals surface area contributed by atoms with Crippen LogP contribution >= 0.6 is 0 Å². The van der Waals surface area contributed by atoms with E-state index in [2.05, 4.69) is 32.9 Å². The molecular weight excluding hydrogens is 286 g/mol. The summed E-state index contributed by atoms with van der Waals surface area (Å²) in [5.41, 5.74) is 2.75. The van der Waals surface area contributed by atoms with E-state index in [-0.39, 0.29) is 0 Å². The fourth-order valence-electron chi connectivity index (χ4n) is 4.00. The highest BCUT2D eigenvalue weighted by Crippen LogP contribution is 2.25. The molecule has 1 saturated heterocycles. The summed E-state index contributed by atoms with van der Waals surface area (Å²) in [4.78, 5) is 19.5. The maximum Gasteiger partial charge on any atom is 0.236 e. The molecule has 0 atom stereocenters. The van der Waals surface area contributed by atoms with Crippen LogP contribution in [0, 0.1) is 6.07 Å². The minimum absolute atomic E-state index is 0.309. The Kier molecular flexibility index (Phi) is 4.36. The zero-order chi connectivity index (χ0) is 15.6. The van der Waals surface area contributed by atoms with E-state index in [0.29, 0.717) is 12.5 Å². The van der Waals surface area contributed by atoms with Crippen molar-refractivity contribution in [2.45, 2.75) is 38.3 Å². The van der Waals surface area contributed by atoms with Gasteiger partial charge in [0.25, 0.3) is 0 Å². The second kappa shape index (κ2) is 6.62. The summed E-state index contributed by atoms with van der Waals surface area (Å²) in [5, 5.41) is 0. The zero-order valence-electron chi connectivity index (χ0n) is 13.8. The van der Waals surface area contributed by atoms with Crippen LogP contribution in [0.3, 0.4) is 0 Å². The second-order valence-electron chi connectivity index (χ2n) is 7.16. The Morgan fingerprint density at radius 2 is 1.96 bits per heavy atom. The SMILES string of the molecule is O=C(CN1CCc2c[c]ccc2C1)N1CCN(C2CCC2)CC1. The molecule has 1 aromatic rings. The Morgan fingerprint density at radius 3 is 2.70 bits per heavy atom. The number of rotatable bonds is 3. The van der Waals surface area contributed by atoms with Crippen LogP contribution in [0.2, 0.25) is 0 Å². The summed E-state index contributed by atoms with van der Waals surface area (Å²) in [6, 6.07) is 10.2. The van der Waals surface area contributed by atoms with E-state index in [0.717, 1.165) is 51.7 Å². The molecule has 2 heterocycles. The van der Waals surface area contributed by atoms with E-state index < -0.39 is 0 Å². The number of piperazine rings is 1. The van der Waals surface area contributed by atoms with Crippen molar-refractivity contribution >= 4 is 5.91 Å². The molecule has 0 spiro atoms. The molecule has 4 nitrogen and oxygen atoms in total. The number of hydrogen-bond acceptors (Lipinski definition) is 3. The molecule has 4 rings (SSSR count). The predicted octanol–water partition coefficient (Wildman–Crippen LogP) is 1.54. The van der Waals surface area contributed by atoms with Gasteiger partial charge in [0, 0.05) is 45.3 Å². The van der Waals surface area contributed by atoms with Gasteiger partial charge in [-0.1, -0.05) is 24.6 Å². The molecule has 0 bridgehead atoms. The van der Waals surface area contributed by atoms with Crippen molar-refractivity contribution in [1.29, 1.82) is 0 Å². The number of nitrogens with zero attached hydrogens (tertiary/aromatic N) is 3. The summed E-state index contributed by atoms with van der Waals surface area (Å²) in [6.07, 6.45) is 5.14. The molecule has 1 radical (unpaired) electrons. The third-order valence-electron chi connectivity index (χ3n) is 5.76. The van der Waals surface area contributed by atoms with Crippen molar-refractivity contribution in [2.24, 2.45) is 0 Å². The molecule has 123 valence electrons. The molecule has 1 aliphatic carbocycles. The normalized spacial score (nSPS) is 23.4. The van der Waals surface area contributed by atoms with E-state index in [1.54, 1.807) is 0 Å². The fraction of sp³-hybridized carbons (Fsp3) is 0.632. The molecule has 4 heteroatoms. The monoisotopic (exact) mass is 312 g/mol. The van der Waals surface area contributed by atoms with Gasteiger partial charge in [-0.25, -0.2) is 0 Å². The van der Waals surface area contributed by atoms with Gasteiger partial charge in [0.05, 0.1) is 6.54 Å². The van der Waals surface area contributed by atoms with Crippen LogP contribution < -0.4 is 0 Å². The minimum Gasteiger partial charge on any atom is -0.339 e. The summed E-state index contributed by atoms with van der Waals surface area (Å²) in [5.74, 6) is 0.309. The first-order valence-corrected chi connectivity index (χ1v) is 9.01. The molecule has 2 fully saturated rings. The van der Waals surface area contributed by atoms with E-state index >= 15 is 0 Å². The Bertz CT molecular complexity index is 561. The van der Waals surface area contributed by atoms with Crippen LogP contribution in [-0.2, 0) is 17.8 Å². The van der Waals surface area contributed by atoms with Crippen molar-refractivity contribution in [2.75, 3.05) is 39.3 Å². The first-order chi connectivity index (χ1) is 11.3. The average Bonchev–Trinajstić information content (AvgIpc) is 2.54. The highest BCUT2D eigenvalue weighted by Gasteiger charge is 2.30. The molecule has 1 aromatic carbocycles. The van der Waals surface area contributed by atoms with E-state index in [1.807, 2.05) is 6.07 Å². The lowest BCUT2D eigenvalue weighted by atomic mass is 9.91. The van der Waals surface area contributed by atoms with Crippen LogP contribution in [-0.4, -0.2) is 65.9 Å². The average molecular weight is 312 g/mol. The van der Waals surface area contributed by atoms with Crippen molar-refractivity contribution in [3.8, 4) is 0 Å². The number of hydrogen-bond donors (Lipinski definition) is 0. The molecule has 0 aromatic heterocycles. The number of fused-ring (bicyclic) bond motifs is 1. The van der Waals surface area contributed by atoms with Crippen LogP contribution in [0.1, 0.15) is 30.4 Å². The van der Waals surface area contributed by atoms with Gasteiger partial charge in [0.2, 0.25) is 5.91 Å². The van der Waals surface area contributed by atoms with Gasteiger partial charge in [-0.3, -0.25) is 14.6 Å². The van der Waals surface area contributed by atoms with E-state index in [4.69, 9.17) is 0 Å². The fourth-order valence-corrected chi connectivity index (χ4v) is 4.00. The standard InChI is InChI=1S/C19H26N3O/c23-19(22-12-10-21(11-13-22)18-6-3-7-18)15-20-9-8-16-4-1-2-5-17(16)14-20/h2,4-5,18H,3,6-15H2. The minimum atomic E-state index is 0.309. The number of amides is 1. The van der Waals surface area contributed by atoms with Crippen LogP contribution in [0.5, 0.6) is 0 Å². The summed E-state index contributed by atoms with van der Waals surface area (Å²) in [6.45, 7) is 6.41. The summed E-state index contributed by atoms with van der Waals surface area (Å²) < 4.78 is 0. The highest BCUT2D eigenvalue weighted by atomic mass is 16.2. The molecule has 3 aliphatic rings.